The summed E-state index contributed by atoms with van der Waals surface area (Å²) < 4.78 is 9.43. The maximum atomic E-state index is 12.4. The van der Waals surface area contributed by atoms with E-state index in [1.165, 1.54) is 31.4 Å². The average Bonchev–Trinajstić information content (AvgIpc) is 2.58. The van der Waals surface area contributed by atoms with Gasteiger partial charge < -0.3 is 20.5 Å². The second kappa shape index (κ2) is 9.41. The van der Waals surface area contributed by atoms with Crippen LogP contribution in [0.15, 0.2) is 24.3 Å². The summed E-state index contributed by atoms with van der Waals surface area (Å²) in [5, 5.41) is 2.49. The maximum absolute atomic E-state index is 12.4. The Kier molecular flexibility index (Phi) is 7.58. The fourth-order valence-corrected chi connectivity index (χ4v) is 2.22. The molecule has 8 heteroatoms. The molecule has 0 aliphatic carbocycles. The molecule has 0 spiro atoms. The predicted octanol–water partition coefficient (Wildman–Crippen LogP) is 0.646. The molecule has 0 bridgehead atoms. The van der Waals surface area contributed by atoms with Gasteiger partial charge in [0.1, 0.15) is 6.04 Å². The van der Waals surface area contributed by atoms with Crippen LogP contribution >= 0.6 is 0 Å². The lowest BCUT2D eigenvalue weighted by molar-refractivity contribution is -0.144. The van der Waals surface area contributed by atoms with Crippen molar-refractivity contribution in [2.45, 2.75) is 26.3 Å². The summed E-state index contributed by atoms with van der Waals surface area (Å²) in [5.41, 5.74) is 5.70. The van der Waals surface area contributed by atoms with Crippen molar-refractivity contribution in [3.8, 4) is 0 Å². The Morgan fingerprint density at radius 2 is 1.84 bits per heavy atom. The Balaban J connectivity index is 2.88. The Morgan fingerprint density at radius 1 is 1.20 bits per heavy atom. The molecule has 1 aromatic carbocycles. The first-order chi connectivity index (χ1) is 11.8. The molecule has 0 aliphatic rings. The molecule has 0 saturated carbocycles. The number of methoxy groups -OCH3 is 1. The summed E-state index contributed by atoms with van der Waals surface area (Å²) in [4.78, 5) is 47.1. The molecular formula is C17H22N2O6. The summed E-state index contributed by atoms with van der Waals surface area (Å²) in [6, 6.07) is 4.78. The third kappa shape index (κ3) is 5.91. The average molecular weight is 350 g/mol. The highest BCUT2D eigenvalue weighted by atomic mass is 16.5. The lowest BCUT2D eigenvalue weighted by Crippen LogP contribution is -2.49. The molecule has 0 unspecified atom stereocenters. The molecule has 0 radical (unpaired) electrons. The zero-order chi connectivity index (χ0) is 19.0. The minimum absolute atomic E-state index is 0.0655. The standard InChI is InChI=1S/C17H22N2O6/c1-4-25-13(20)8-10(2)14(15(18)21)19-16(22)11-6-5-7-12(9-11)17(23)24-3/h5-7,9-10,14H,4,8H2,1-3H3,(H2,18,21)(H,19,22)/t10-,14+/m0/s1. The van der Waals surface area contributed by atoms with Gasteiger partial charge in [0.2, 0.25) is 5.91 Å². The van der Waals surface area contributed by atoms with E-state index in [1.807, 2.05) is 0 Å². The van der Waals surface area contributed by atoms with Crippen molar-refractivity contribution in [1.29, 1.82) is 0 Å². The number of hydrogen-bond acceptors (Lipinski definition) is 6. The molecule has 8 nitrogen and oxygen atoms in total. The monoisotopic (exact) mass is 350 g/mol. The van der Waals surface area contributed by atoms with Crippen LogP contribution in [0.5, 0.6) is 0 Å². The quantitative estimate of drug-likeness (QED) is 0.663. The summed E-state index contributed by atoms with van der Waals surface area (Å²) in [6.07, 6.45) is -0.0655. The van der Waals surface area contributed by atoms with Crippen molar-refractivity contribution in [3.63, 3.8) is 0 Å². The van der Waals surface area contributed by atoms with Crippen molar-refractivity contribution in [1.82, 2.24) is 5.32 Å². The molecule has 0 aliphatic heterocycles. The summed E-state index contributed by atoms with van der Waals surface area (Å²) >= 11 is 0. The molecule has 2 atom stereocenters. The lowest BCUT2D eigenvalue weighted by Gasteiger charge is -2.21. The number of primary amides is 1. The fraction of sp³-hybridized carbons (Fsp3) is 0.412. The molecule has 136 valence electrons. The van der Waals surface area contributed by atoms with Crippen LogP contribution < -0.4 is 11.1 Å². The number of carbonyl (C=O) groups is 4. The first-order valence-corrected chi connectivity index (χ1v) is 7.74. The van der Waals surface area contributed by atoms with Crippen molar-refractivity contribution in [2.75, 3.05) is 13.7 Å². The first-order valence-electron chi connectivity index (χ1n) is 7.74. The van der Waals surface area contributed by atoms with E-state index in [0.717, 1.165) is 0 Å². The highest BCUT2D eigenvalue weighted by Gasteiger charge is 2.27. The number of hydrogen-bond donors (Lipinski definition) is 2. The van der Waals surface area contributed by atoms with E-state index in [0.29, 0.717) is 0 Å². The van der Waals surface area contributed by atoms with E-state index in [-0.39, 0.29) is 24.2 Å². The molecule has 2 amide bonds. The van der Waals surface area contributed by atoms with E-state index in [9.17, 15) is 19.2 Å². The Bertz CT molecular complexity index is 658. The fourth-order valence-electron chi connectivity index (χ4n) is 2.22. The van der Waals surface area contributed by atoms with Crippen LogP contribution in [0.3, 0.4) is 0 Å². The van der Waals surface area contributed by atoms with Crippen molar-refractivity contribution < 1.29 is 28.7 Å². The van der Waals surface area contributed by atoms with Gasteiger partial charge in [-0.1, -0.05) is 13.0 Å². The number of rotatable bonds is 8. The van der Waals surface area contributed by atoms with Gasteiger partial charge in [-0.3, -0.25) is 14.4 Å². The van der Waals surface area contributed by atoms with Crippen LogP contribution in [0.1, 0.15) is 41.0 Å². The van der Waals surface area contributed by atoms with Gasteiger partial charge in [-0.25, -0.2) is 4.79 Å². The van der Waals surface area contributed by atoms with Gasteiger partial charge in [-0.2, -0.15) is 0 Å². The van der Waals surface area contributed by atoms with Crippen LogP contribution in [0, 0.1) is 5.92 Å². The normalized spacial score (nSPS) is 12.6. The Morgan fingerprint density at radius 3 is 2.40 bits per heavy atom. The summed E-state index contributed by atoms with van der Waals surface area (Å²) in [7, 11) is 1.23. The largest absolute Gasteiger partial charge is 0.466 e. The second-order valence-electron chi connectivity index (χ2n) is 5.41. The van der Waals surface area contributed by atoms with Gasteiger partial charge in [0.05, 0.1) is 25.7 Å². The van der Waals surface area contributed by atoms with Crippen LogP contribution in [0.2, 0.25) is 0 Å². The van der Waals surface area contributed by atoms with E-state index in [2.05, 4.69) is 10.1 Å². The third-order valence-electron chi connectivity index (χ3n) is 3.50. The van der Waals surface area contributed by atoms with E-state index in [1.54, 1.807) is 13.8 Å². The molecule has 0 aromatic heterocycles. The number of ether oxygens (including phenoxy) is 2. The van der Waals surface area contributed by atoms with Crippen LogP contribution in [0.4, 0.5) is 0 Å². The maximum Gasteiger partial charge on any atom is 0.337 e. The Labute approximate surface area is 145 Å². The van der Waals surface area contributed by atoms with Crippen molar-refractivity contribution in [2.24, 2.45) is 11.7 Å². The number of amides is 2. The molecule has 1 aromatic rings. The summed E-state index contributed by atoms with van der Waals surface area (Å²) in [6.45, 7) is 3.50. The summed E-state index contributed by atoms with van der Waals surface area (Å²) in [5.74, 6) is -2.98. The Hall–Kier alpha value is -2.90. The molecule has 0 fully saturated rings. The highest BCUT2D eigenvalue weighted by Crippen LogP contribution is 2.12. The van der Waals surface area contributed by atoms with E-state index >= 15 is 0 Å². The smallest absolute Gasteiger partial charge is 0.337 e. The van der Waals surface area contributed by atoms with Gasteiger partial charge in [0.15, 0.2) is 0 Å². The second-order valence-corrected chi connectivity index (χ2v) is 5.41. The number of benzene rings is 1. The topological polar surface area (TPSA) is 125 Å². The van der Waals surface area contributed by atoms with Gasteiger partial charge in [0.25, 0.3) is 5.91 Å². The van der Waals surface area contributed by atoms with Crippen LogP contribution in [-0.4, -0.2) is 43.5 Å². The number of nitrogens with one attached hydrogen (secondary N) is 1. The minimum Gasteiger partial charge on any atom is -0.466 e. The minimum atomic E-state index is -1.06. The van der Waals surface area contributed by atoms with Crippen LogP contribution in [0.25, 0.3) is 0 Å². The van der Waals surface area contributed by atoms with Gasteiger partial charge >= 0.3 is 11.9 Å². The first kappa shape index (κ1) is 20.1. The molecule has 3 N–H and O–H groups in total. The van der Waals surface area contributed by atoms with E-state index < -0.39 is 35.7 Å². The number of carbonyl (C=O) groups excluding carboxylic acids is 4. The van der Waals surface area contributed by atoms with Gasteiger partial charge in [-0.15, -0.1) is 0 Å². The van der Waals surface area contributed by atoms with Crippen molar-refractivity contribution >= 4 is 23.8 Å². The van der Waals surface area contributed by atoms with E-state index in [4.69, 9.17) is 10.5 Å². The van der Waals surface area contributed by atoms with Gasteiger partial charge in [0, 0.05) is 5.56 Å². The molecule has 25 heavy (non-hydrogen) atoms. The molecular weight excluding hydrogens is 328 g/mol. The highest BCUT2D eigenvalue weighted by molar-refractivity contribution is 6.00. The number of esters is 2. The van der Waals surface area contributed by atoms with Gasteiger partial charge in [-0.05, 0) is 31.0 Å². The molecule has 0 heterocycles. The zero-order valence-corrected chi connectivity index (χ0v) is 14.4. The SMILES string of the molecule is CCOC(=O)C[C@H](C)[C@@H](NC(=O)c1cccc(C(=O)OC)c1)C(N)=O. The lowest BCUT2D eigenvalue weighted by atomic mass is 9.97. The number of nitrogens with two attached hydrogens (primary N) is 1. The zero-order valence-electron chi connectivity index (χ0n) is 14.4. The third-order valence-corrected chi connectivity index (χ3v) is 3.50. The van der Waals surface area contributed by atoms with Crippen molar-refractivity contribution in [3.05, 3.63) is 35.4 Å². The molecule has 0 saturated heterocycles. The predicted molar refractivity (Wildman–Crippen MR) is 88.6 cm³/mol. The van der Waals surface area contributed by atoms with Crippen LogP contribution in [-0.2, 0) is 19.1 Å². The molecule has 1 rings (SSSR count).